The van der Waals surface area contributed by atoms with Crippen molar-refractivity contribution in [3.05, 3.63) is 18.9 Å². The van der Waals surface area contributed by atoms with Crippen LogP contribution in [-0.2, 0) is 0 Å². The Balaban J connectivity index is 0.000000211. The third kappa shape index (κ3) is 7.95. The molecule has 0 aliphatic rings. The van der Waals surface area contributed by atoms with Crippen LogP contribution >= 0.6 is 0 Å². The molecular formula is C5H10N6O. The summed E-state index contributed by atoms with van der Waals surface area (Å²) in [4.78, 5) is 3.56. The topological polar surface area (TPSA) is 138 Å². The maximum absolute atomic E-state index is 6.47. The molecule has 0 bridgehead atoms. The molecule has 0 amide bonds. The molecule has 7 heteroatoms. The minimum Gasteiger partial charge on any atom is -0.452 e. The molecule has 7 nitrogen and oxygen atoms in total. The Hall–Kier alpha value is -2.05. The number of nitrogens with zero attached hydrogens (tertiary/aromatic N) is 1. The van der Waals surface area contributed by atoms with Gasteiger partial charge in [0.15, 0.2) is 18.3 Å². The highest BCUT2D eigenvalue weighted by atomic mass is 16.3. The lowest BCUT2D eigenvalue weighted by Crippen LogP contribution is -2.39. The van der Waals surface area contributed by atoms with Crippen LogP contribution in [0.25, 0.3) is 0 Å². The van der Waals surface area contributed by atoms with Crippen molar-refractivity contribution < 1.29 is 4.42 Å². The molecule has 1 aromatic heterocycles. The fourth-order valence-corrected chi connectivity index (χ4v) is 0.321. The molecule has 12 heavy (non-hydrogen) atoms. The summed E-state index contributed by atoms with van der Waals surface area (Å²) in [6.07, 6.45) is 4.47. The monoisotopic (exact) mass is 170 g/mol. The number of rotatable bonds is 0. The summed E-state index contributed by atoms with van der Waals surface area (Å²) in [6, 6.07) is 0. The number of hydrogen-bond acceptors (Lipinski definition) is 4. The maximum atomic E-state index is 6.47. The summed E-state index contributed by atoms with van der Waals surface area (Å²) in [5.41, 5.74) is 9.49. The Morgan fingerprint density at radius 2 is 1.92 bits per heavy atom. The number of oxazole rings is 1. The van der Waals surface area contributed by atoms with Crippen molar-refractivity contribution in [1.29, 1.82) is 10.8 Å². The molecule has 0 aromatic carbocycles. The third-order valence-electron chi connectivity index (χ3n) is 0.617. The van der Waals surface area contributed by atoms with Gasteiger partial charge in [-0.2, -0.15) is 0 Å². The van der Waals surface area contributed by atoms with E-state index in [0.29, 0.717) is 0 Å². The van der Waals surface area contributed by atoms with E-state index in [4.69, 9.17) is 22.3 Å². The first-order valence-electron chi connectivity index (χ1n) is 2.90. The molecule has 66 valence electrons. The van der Waals surface area contributed by atoms with Crippen LogP contribution in [0.1, 0.15) is 0 Å². The molecular weight excluding hydrogens is 160 g/mol. The van der Waals surface area contributed by atoms with Gasteiger partial charge in [0.2, 0.25) is 0 Å². The van der Waals surface area contributed by atoms with Gasteiger partial charge in [0.1, 0.15) is 6.26 Å². The summed E-state index contributed by atoms with van der Waals surface area (Å²) >= 11 is 0. The van der Waals surface area contributed by atoms with Crippen LogP contribution in [0.4, 0.5) is 0 Å². The molecule has 0 radical (unpaired) electrons. The van der Waals surface area contributed by atoms with Gasteiger partial charge in [0, 0.05) is 0 Å². The van der Waals surface area contributed by atoms with Crippen LogP contribution in [0, 0.1) is 10.8 Å². The van der Waals surface area contributed by atoms with Crippen LogP contribution in [-0.4, -0.2) is 16.9 Å². The fraction of sp³-hybridized carbons (Fsp3) is 0. The van der Waals surface area contributed by atoms with Crippen molar-refractivity contribution in [2.24, 2.45) is 11.5 Å². The zero-order valence-corrected chi connectivity index (χ0v) is 6.24. The number of aromatic nitrogens is 1. The Morgan fingerprint density at radius 3 is 2.00 bits per heavy atom. The van der Waals surface area contributed by atoms with Gasteiger partial charge in [-0.15, -0.1) is 0 Å². The largest absolute Gasteiger partial charge is 0.452 e. The molecule has 0 spiro atoms. The van der Waals surface area contributed by atoms with Crippen molar-refractivity contribution in [1.82, 2.24) is 10.3 Å². The second-order valence-electron chi connectivity index (χ2n) is 1.63. The predicted octanol–water partition coefficient (Wildman–Crippen LogP) is -0.962. The van der Waals surface area contributed by atoms with Gasteiger partial charge in [-0.1, -0.05) is 0 Å². The van der Waals surface area contributed by atoms with E-state index in [-0.39, 0.29) is 11.9 Å². The second-order valence-corrected chi connectivity index (χ2v) is 1.63. The quantitative estimate of drug-likeness (QED) is 0.252. The Kier molecular flexibility index (Phi) is 4.74. The van der Waals surface area contributed by atoms with Crippen LogP contribution < -0.4 is 16.8 Å². The van der Waals surface area contributed by atoms with Crippen molar-refractivity contribution in [3.8, 4) is 0 Å². The molecule has 0 atom stereocenters. The van der Waals surface area contributed by atoms with E-state index in [9.17, 15) is 0 Å². The van der Waals surface area contributed by atoms with Crippen LogP contribution in [0.5, 0.6) is 0 Å². The van der Waals surface area contributed by atoms with E-state index < -0.39 is 0 Å². The number of nitrogens with two attached hydrogens (primary N) is 2. The van der Waals surface area contributed by atoms with E-state index in [1.807, 2.05) is 5.32 Å². The third-order valence-corrected chi connectivity index (χ3v) is 0.617. The Bertz CT molecular complexity index is 201. The lowest BCUT2D eigenvalue weighted by atomic mass is 10.9. The van der Waals surface area contributed by atoms with Gasteiger partial charge in [0.25, 0.3) is 0 Å². The van der Waals surface area contributed by atoms with Crippen molar-refractivity contribution in [2.75, 3.05) is 0 Å². The van der Waals surface area contributed by atoms with Gasteiger partial charge in [-0.05, 0) is 0 Å². The summed E-state index contributed by atoms with van der Waals surface area (Å²) in [5, 5.41) is 15.0. The Labute approximate surface area is 68.8 Å². The highest BCUT2D eigenvalue weighted by Crippen LogP contribution is 1.72. The molecule has 0 saturated carbocycles. The molecule has 0 unspecified atom stereocenters. The number of nitrogens with one attached hydrogen (secondary N) is 3. The lowest BCUT2D eigenvalue weighted by Gasteiger charge is -1.95. The molecule has 0 saturated heterocycles. The molecule has 0 aliphatic carbocycles. The minimum atomic E-state index is -0.312. The summed E-state index contributed by atoms with van der Waals surface area (Å²) < 4.78 is 4.47. The van der Waals surface area contributed by atoms with E-state index in [1.54, 1.807) is 6.20 Å². The highest BCUT2D eigenvalue weighted by Gasteiger charge is 1.83. The normalized spacial score (nSPS) is 7.67. The first-order valence-corrected chi connectivity index (χ1v) is 2.90. The van der Waals surface area contributed by atoms with E-state index in [1.165, 1.54) is 12.7 Å². The van der Waals surface area contributed by atoms with Crippen LogP contribution in [0.3, 0.4) is 0 Å². The first-order chi connectivity index (χ1) is 5.63. The number of hydrogen-bond donors (Lipinski definition) is 5. The van der Waals surface area contributed by atoms with E-state index >= 15 is 0 Å². The zero-order valence-electron chi connectivity index (χ0n) is 6.24. The van der Waals surface area contributed by atoms with Gasteiger partial charge in [0.05, 0.1) is 6.20 Å². The fourth-order valence-electron chi connectivity index (χ4n) is 0.321. The minimum absolute atomic E-state index is 0.312. The van der Waals surface area contributed by atoms with Gasteiger partial charge < -0.3 is 15.9 Å². The lowest BCUT2D eigenvalue weighted by molar-refractivity contribution is 0.558. The maximum Gasteiger partial charge on any atom is 0.192 e. The van der Waals surface area contributed by atoms with Gasteiger partial charge in [-0.25, -0.2) is 4.98 Å². The van der Waals surface area contributed by atoms with Crippen molar-refractivity contribution >= 4 is 11.9 Å². The summed E-state index contributed by atoms with van der Waals surface area (Å²) in [5.74, 6) is -0.625. The van der Waals surface area contributed by atoms with Crippen molar-refractivity contribution in [2.45, 2.75) is 0 Å². The average Bonchev–Trinajstić information content (AvgIpc) is 2.36. The number of guanidine groups is 2. The highest BCUT2D eigenvalue weighted by molar-refractivity contribution is 5.93. The second kappa shape index (κ2) is 5.71. The first kappa shape index (κ1) is 9.95. The van der Waals surface area contributed by atoms with Crippen LogP contribution in [0.15, 0.2) is 23.3 Å². The standard InChI is InChI=1S/C3H3NO.C2H7N5/c1-2-5-3-4-1;3-1(4)7-2(5)6/h1-3H;(H7,3,4,5,6,7). The molecule has 1 aromatic rings. The molecule has 1 rings (SSSR count). The van der Waals surface area contributed by atoms with E-state index in [0.717, 1.165) is 0 Å². The molecule has 0 fully saturated rings. The van der Waals surface area contributed by atoms with Crippen molar-refractivity contribution in [3.63, 3.8) is 0 Å². The summed E-state index contributed by atoms with van der Waals surface area (Å²) in [7, 11) is 0. The van der Waals surface area contributed by atoms with Gasteiger partial charge >= 0.3 is 0 Å². The molecule has 7 N–H and O–H groups in total. The van der Waals surface area contributed by atoms with E-state index in [2.05, 4.69) is 9.40 Å². The van der Waals surface area contributed by atoms with Crippen LogP contribution in [0.2, 0.25) is 0 Å². The smallest absolute Gasteiger partial charge is 0.192 e. The molecule has 0 aliphatic heterocycles. The summed E-state index contributed by atoms with van der Waals surface area (Å²) in [6.45, 7) is 0. The van der Waals surface area contributed by atoms with Gasteiger partial charge in [-0.3, -0.25) is 16.1 Å². The average molecular weight is 170 g/mol. The SMILES string of the molecule is N=C(N)NC(=N)N.c1cocn1. The predicted molar refractivity (Wildman–Crippen MR) is 43.5 cm³/mol. The Morgan fingerprint density at radius 1 is 1.33 bits per heavy atom. The zero-order chi connectivity index (χ0) is 9.40. The molecule has 1 heterocycles.